The lowest BCUT2D eigenvalue weighted by molar-refractivity contribution is 0.340. The lowest BCUT2D eigenvalue weighted by Gasteiger charge is -2.06. The van der Waals surface area contributed by atoms with Gasteiger partial charge in [0, 0.05) is 0 Å². The van der Waals surface area contributed by atoms with Gasteiger partial charge in [0.2, 0.25) is 0 Å². The smallest absolute Gasteiger partial charge is 0.138 e. The van der Waals surface area contributed by atoms with E-state index in [9.17, 15) is 0 Å². The molecule has 0 atom stereocenters. The molecule has 1 aromatic rings. The molecule has 0 radical (unpaired) electrons. The molecule has 0 N–H and O–H groups in total. The van der Waals surface area contributed by atoms with Crippen LogP contribution < -0.4 is 4.74 Å². The fraction of sp³-hybridized carbons (Fsp3) is 0.333. The van der Waals surface area contributed by atoms with Crippen LogP contribution in [0.1, 0.15) is 12.5 Å². The third-order valence-corrected chi connectivity index (χ3v) is 1.94. The maximum Gasteiger partial charge on any atom is 0.138 e. The number of aryl methyl sites for hydroxylation is 1. The van der Waals surface area contributed by atoms with Crippen molar-refractivity contribution in [3.8, 4) is 5.75 Å². The van der Waals surface area contributed by atoms with Gasteiger partial charge in [-0.1, -0.05) is 23.7 Å². The van der Waals surface area contributed by atoms with E-state index < -0.39 is 0 Å². The molecule has 0 saturated heterocycles. The van der Waals surface area contributed by atoms with Crippen molar-refractivity contribution < 1.29 is 4.74 Å². The maximum absolute atomic E-state index is 5.95. The summed E-state index contributed by atoms with van der Waals surface area (Å²) in [7, 11) is 0. The van der Waals surface area contributed by atoms with E-state index in [1.807, 2.05) is 32.0 Å². The summed E-state index contributed by atoms with van der Waals surface area (Å²) in [5.41, 5.74) is 1.05. The number of ether oxygens (including phenoxy) is 1. The molecule has 0 aromatic heterocycles. The third kappa shape index (κ3) is 1.87. The number of hydrogen-bond donors (Lipinski definition) is 0. The fourth-order valence-electron chi connectivity index (χ4n) is 0.887. The third-order valence-electron chi connectivity index (χ3n) is 1.46. The van der Waals surface area contributed by atoms with Crippen LogP contribution >= 0.6 is 11.6 Å². The topological polar surface area (TPSA) is 9.23 Å². The Kier molecular flexibility index (Phi) is 2.77. The summed E-state index contributed by atoms with van der Waals surface area (Å²) in [5, 5.41) is 0.717. The van der Waals surface area contributed by atoms with Crippen LogP contribution in [0.3, 0.4) is 0 Å². The van der Waals surface area contributed by atoms with Crippen molar-refractivity contribution in [2.45, 2.75) is 13.8 Å². The Morgan fingerprint density at radius 3 is 2.82 bits per heavy atom. The minimum atomic E-state index is 0.656. The van der Waals surface area contributed by atoms with Gasteiger partial charge in [-0.15, -0.1) is 0 Å². The van der Waals surface area contributed by atoms with E-state index in [0.717, 1.165) is 11.3 Å². The Labute approximate surface area is 71.9 Å². The standard InChI is InChI=1S/C9H11ClO/c1-3-11-8-6-4-5-7(2)9(8)10/h4-6H,3H2,1-2H3. The molecule has 0 heterocycles. The second-order valence-corrected chi connectivity index (χ2v) is 2.70. The minimum Gasteiger partial charge on any atom is -0.492 e. The molecule has 60 valence electrons. The van der Waals surface area contributed by atoms with Gasteiger partial charge in [0.05, 0.1) is 11.6 Å². The second-order valence-electron chi connectivity index (χ2n) is 2.32. The Bertz CT molecular complexity index is 245. The monoisotopic (exact) mass is 170 g/mol. The first kappa shape index (κ1) is 8.41. The van der Waals surface area contributed by atoms with E-state index >= 15 is 0 Å². The molecule has 0 fully saturated rings. The summed E-state index contributed by atoms with van der Waals surface area (Å²) in [6, 6.07) is 5.77. The zero-order chi connectivity index (χ0) is 8.27. The van der Waals surface area contributed by atoms with E-state index in [1.54, 1.807) is 0 Å². The Balaban J connectivity index is 2.96. The van der Waals surface area contributed by atoms with E-state index in [0.29, 0.717) is 11.6 Å². The molecule has 1 nitrogen and oxygen atoms in total. The number of rotatable bonds is 2. The van der Waals surface area contributed by atoms with Gasteiger partial charge in [0.15, 0.2) is 0 Å². The van der Waals surface area contributed by atoms with Crippen molar-refractivity contribution in [2.75, 3.05) is 6.61 Å². The van der Waals surface area contributed by atoms with Crippen LogP contribution in [-0.4, -0.2) is 6.61 Å². The molecular formula is C9H11ClO. The molecule has 1 rings (SSSR count). The molecule has 0 saturated carbocycles. The van der Waals surface area contributed by atoms with Gasteiger partial charge >= 0.3 is 0 Å². The van der Waals surface area contributed by atoms with E-state index in [1.165, 1.54) is 0 Å². The first-order valence-electron chi connectivity index (χ1n) is 3.63. The van der Waals surface area contributed by atoms with E-state index in [2.05, 4.69) is 0 Å². The molecule has 0 spiro atoms. The maximum atomic E-state index is 5.95. The van der Waals surface area contributed by atoms with Crippen LogP contribution in [0.15, 0.2) is 18.2 Å². The highest BCUT2D eigenvalue weighted by molar-refractivity contribution is 6.32. The van der Waals surface area contributed by atoms with Crippen LogP contribution in [0, 0.1) is 6.92 Å². The minimum absolute atomic E-state index is 0.656. The van der Waals surface area contributed by atoms with Gasteiger partial charge in [-0.3, -0.25) is 0 Å². The first-order valence-corrected chi connectivity index (χ1v) is 4.01. The summed E-state index contributed by atoms with van der Waals surface area (Å²) in [4.78, 5) is 0. The van der Waals surface area contributed by atoms with Gasteiger partial charge < -0.3 is 4.74 Å². The van der Waals surface area contributed by atoms with Crippen LogP contribution in [0.2, 0.25) is 5.02 Å². The normalized spacial score (nSPS) is 9.73. The molecule has 11 heavy (non-hydrogen) atoms. The summed E-state index contributed by atoms with van der Waals surface area (Å²) in [5.74, 6) is 0.772. The summed E-state index contributed by atoms with van der Waals surface area (Å²) in [6.07, 6.45) is 0. The highest BCUT2D eigenvalue weighted by atomic mass is 35.5. The lowest BCUT2D eigenvalue weighted by Crippen LogP contribution is -1.92. The van der Waals surface area contributed by atoms with Crippen LogP contribution in [-0.2, 0) is 0 Å². The Morgan fingerprint density at radius 2 is 2.18 bits per heavy atom. The quantitative estimate of drug-likeness (QED) is 0.663. The Hall–Kier alpha value is -0.690. The van der Waals surface area contributed by atoms with E-state index in [4.69, 9.17) is 16.3 Å². The first-order chi connectivity index (χ1) is 5.25. The summed E-state index contributed by atoms with van der Waals surface area (Å²) in [6.45, 7) is 4.56. The van der Waals surface area contributed by atoms with Crippen molar-refractivity contribution in [3.63, 3.8) is 0 Å². The van der Waals surface area contributed by atoms with Crippen molar-refractivity contribution in [3.05, 3.63) is 28.8 Å². The molecule has 0 bridgehead atoms. The molecule has 0 aliphatic carbocycles. The molecule has 0 amide bonds. The second kappa shape index (κ2) is 3.63. The van der Waals surface area contributed by atoms with Crippen molar-refractivity contribution in [2.24, 2.45) is 0 Å². The largest absolute Gasteiger partial charge is 0.492 e. The number of halogens is 1. The average Bonchev–Trinajstić information content (AvgIpc) is 1.99. The highest BCUT2D eigenvalue weighted by Crippen LogP contribution is 2.26. The van der Waals surface area contributed by atoms with Gasteiger partial charge in [0.25, 0.3) is 0 Å². The zero-order valence-electron chi connectivity index (χ0n) is 6.73. The molecule has 2 heteroatoms. The van der Waals surface area contributed by atoms with Gasteiger partial charge in [0.1, 0.15) is 5.75 Å². The van der Waals surface area contributed by atoms with Gasteiger partial charge in [-0.2, -0.15) is 0 Å². The predicted octanol–water partition coefficient (Wildman–Crippen LogP) is 3.05. The highest BCUT2D eigenvalue weighted by Gasteiger charge is 2.01. The summed E-state index contributed by atoms with van der Waals surface area (Å²) < 4.78 is 5.29. The molecule has 0 unspecified atom stereocenters. The molecular weight excluding hydrogens is 160 g/mol. The van der Waals surface area contributed by atoms with Gasteiger partial charge in [-0.05, 0) is 25.5 Å². The van der Waals surface area contributed by atoms with E-state index in [-0.39, 0.29) is 0 Å². The fourth-order valence-corrected chi connectivity index (χ4v) is 1.07. The number of benzene rings is 1. The number of hydrogen-bond acceptors (Lipinski definition) is 1. The summed E-state index contributed by atoms with van der Waals surface area (Å²) >= 11 is 5.95. The van der Waals surface area contributed by atoms with Crippen LogP contribution in [0.25, 0.3) is 0 Å². The molecule has 1 aromatic carbocycles. The molecule has 0 aliphatic heterocycles. The van der Waals surface area contributed by atoms with Crippen LogP contribution in [0.4, 0.5) is 0 Å². The van der Waals surface area contributed by atoms with Gasteiger partial charge in [-0.25, -0.2) is 0 Å². The van der Waals surface area contributed by atoms with Crippen molar-refractivity contribution in [1.29, 1.82) is 0 Å². The molecule has 0 aliphatic rings. The van der Waals surface area contributed by atoms with Crippen LogP contribution in [0.5, 0.6) is 5.75 Å². The lowest BCUT2D eigenvalue weighted by atomic mass is 10.2. The predicted molar refractivity (Wildman–Crippen MR) is 47.4 cm³/mol. The zero-order valence-corrected chi connectivity index (χ0v) is 7.48. The van der Waals surface area contributed by atoms with Crippen molar-refractivity contribution in [1.82, 2.24) is 0 Å². The SMILES string of the molecule is CCOc1cccc(C)c1Cl. The van der Waals surface area contributed by atoms with Crippen molar-refractivity contribution >= 4 is 11.6 Å². The Morgan fingerprint density at radius 1 is 1.45 bits per heavy atom. The average molecular weight is 171 g/mol.